The highest BCUT2D eigenvalue weighted by molar-refractivity contribution is 7.12. The van der Waals surface area contributed by atoms with E-state index in [0.29, 0.717) is 0 Å². The van der Waals surface area contributed by atoms with E-state index in [4.69, 9.17) is 10.7 Å². The van der Waals surface area contributed by atoms with E-state index < -0.39 is 0 Å². The number of aryl methyl sites for hydroxylation is 1. The molecule has 0 radical (unpaired) electrons. The molecule has 0 amide bonds. The first-order chi connectivity index (χ1) is 6.31. The zero-order valence-corrected chi connectivity index (χ0v) is 10.2. The molecule has 3 heteroatoms. The summed E-state index contributed by atoms with van der Waals surface area (Å²) in [6.45, 7) is 8.58. The molecule has 0 fully saturated rings. The Bertz CT molecular complexity index is 358. The third-order valence-corrected chi connectivity index (χ3v) is 4.32. The van der Waals surface area contributed by atoms with Crippen LogP contribution in [0.2, 0.25) is 0 Å². The van der Waals surface area contributed by atoms with Crippen LogP contribution in [0, 0.1) is 0 Å². The lowest BCUT2D eigenvalue weighted by molar-refractivity contribution is 0.496. The molecule has 1 aromatic heterocycles. The van der Waals surface area contributed by atoms with Gasteiger partial charge in [0.15, 0.2) is 0 Å². The molecule has 0 atom stereocenters. The molecule has 0 aromatic carbocycles. The second-order valence-corrected chi connectivity index (χ2v) is 6.48. The number of thiazole rings is 1. The van der Waals surface area contributed by atoms with Crippen LogP contribution in [-0.2, 0) is 17.4 Å². The first-order valence-corrected chi connectivity index (χ1v) is 5.92. The van der Waals surface area contributed by atoms with Gasteiger partial charge in [-0.15, -0.1) is 11.3 Å². The second-order valence-electron chi connectivity index (χ2n) is 5.40. The molecule has 1 aromatic rings. The highest BCUT2D eigenvalue weighted by Gasteiger charge is 2.35. The predicted molar refractivity (Wildman–Crippen MR) is 60.7 cm³/mol. The normalized spacial score (nSPS) is 19.8. The van der Waals surface area contributed by atoms with E-state index in [1.54, 1.807) is 11.3 Å². The lowest BCUT2D eigenvalue weighted by Crippen LogP contribution is -2.29. The van der Waals surface area contributed by atoms with Crippen molar-refractivity contribution < 1.29 is 0 Å². The highest BCUT2D eigenvalue weighted by Crippen LogP contribution is 2.42. The molecular weight excluding hydrogens is 192 g/mol. The van der Waals surface area contributed by atoms with E-state index in [1.807, 2.05) is 13.8 Å². The van der Waals surface area contributed by atoms with Crippen LogP contribution in [0.25, 0.3) is 0 Å². The molecule has 0 saturated heterocycles. The highest BCUT2D eigenvalue weighted by atomic mass is 32.1. The van der Waals surface area contributed by atoms with Crippen LogP contribution >= 0.6 is 11.3 Å². The fraction of sp³-hybridized carbons (Fsp3) is 0.727. The standard InChI is InChI=1S/C11H18N2S/c1-10(2)6-5-7-8(10)13-9(14-7)11(3,4)12/h5-6,12H2,1-4H3. The van der Waals surface area contributed by atoms with Gasteiger partial charge in [-0.25, -0.2) is 4.98 Å². The molecule has 1 heterocycles. The van der Waals surface area contributed by atoms with E-state index in [1.165, 1.54) is 23.4 Å². The monoisotopic (exact) mass is 210 g/mol. The summed E-state index contributed by atoms with van der Waals surface area (Å²) in [4.78, 5) is 6.16. The first-order valence-electron chi connectivity index (χ1n) is 5.10. The van der Waals surface area contributed by atoms with Gasteiger partial charge < -0.3 is 5.73 Å². The second kappa shape index (κ2) is 2.80. The topological polar surface area (TPSA) is 38.9 Å². The molecule has 0 spiro atoms. The van der Waals surface area contributed by atoms with Crippen LogP contribution in [0.15, 0.2) is 0 Å². The molecule has 2 rings (SSSR count). The summed E-state index contributed by atoms with van der Waals surface area (Å²) in [6.07, 6.45) is 2.41. The summed E-state index contributed by atoms with van der Waals surface area (Å²) in [5.41, 5.74) is 7.31. The molecule has 1 aliphatic carbocycles. The number of hydrogen-bond acceptors (Lipinski definition) is 3. The van der Waals surface area contributed by atoms with Gasteiger partial charge in [0.1, 0.15) is 5.01 Å². The summed E-state index contributed by atoms with van der Waals surface area (Å²) in [6, 6.07) is 0. The van der Waals surface area contributed by atoms with Crippen molar-refractivity contribution in [2.45, 2.75) is 51.5 Å². The first kappa shape index (κ1) is 10.1. The largest absolute Gasteiger partial charge is 0.320 e. The minimum absolute atomic E-state index is 0.259. The number of aromatic nitrogens is 1. The molecule has 0 bridgehead atoms. The van der Waals surface area contributed by atoms with Gasteiger partial charge in [-0.3, -0.25) is 0 Å². The van der Waals surface area contributed by atoms with E-state index in [2.05, 4.69) is 13.8 Å². The van der Waals surface area contributed by atoms with Crippen LogP contribution in [0.1, 0.15) is 49.7 Å². The van der Waals surface area contributed by atoms with Gasteiger partial charge in [0.05, 0.1) is 11.2 Å². The maximum atomic E-state index is 6.05. The quantitative estimate of drug-likeness (QED) is 0.773. The number of nitrogens with zero attached hydrogens (tertiary/aromatic N) is 1. The Morgan fingerprint density at radius 1 is 1.43 bits per heavy atom. The van der Waals surface area contributed by atoms with Crippen molar-refractivity contribution in [3.05, 3.63) is 15.6 Å². The van der Waals surface area contributed by atoms with Crippen molar-refractivity contribution >= 4 is 11.3 Å². The van der Waals surface area contributed by atoms with Gasteiger partial charge in [-0.2, -0.15) is 0 Å². The third-order valence-electron chi connectivity index (χ3n) is 2.87. The Balaban J connectivity index is 2.45. The van der Waals surface area contributed by atoms with Gasteiger partial charge in [0.2, 0.25) is 0 Å². The van der Waals surface area contributed by atoms with Gasteiger partial charge in [0.25, 0.3) is 0 Å². The predicted octanol–water partition coefficient (Wildman–Crippen LogP) is 2.56. The summed E-state index contributed by atoms with van der Waals surface area (Å²) >= 11 is 1.80. The van der Waals surface area contributed by atoms with Crippen LogP contribution in [-0.4, -0.2) is 4.98 Å². The fourth-order valence-electron chi connectivity index (χ4n) is 1.87. The average Bonchev–Trinajstić information content (AvgIpc) is 2.51. The molecule has 0 unspecified atom stereocenters. The molecule has 0 aliphatic heterocycles. The summed E-state index contributed by atoms with van der Waals surface area (Å²) in [5, 5.41) is 1.08. The summed E-state index contributed by atoms with van der Waals surface area (Å²) < 4.78 is 0. The lowest BCUT2D eigenvalue weighted by atomic mass is 9.91. The number of fused-ring (bicyclic) bond motifs is 1. The molecule has 2 nitrogen and oxygen atoms in total. The number of hydrogen-bond donors (Lipinski definition) is 1. The minimum atomic E-state index is -0.287. The summed E-state index contributed by atoms with van der Waals surface area (Å²) in [5.74, 6) is 0. The van der Waals surface area contributed by atoms with Crippen molar-refractivity contribution in [2.24, 2.45) is 5.73 Å². The Labute approximate surface area is 89.5 Å². The van der Waals surface area contributed by atoms with Crippen molar-refractivity contribution in [2.75, 3.05) is 0 Å². The molecule has 0 saturated carbocycles. The number of rotatable bonds is 1. The van der Waals surface area contributed by atoms with Gasteiger partial charge in [-0.05, 0) is 26.7 Å². The van der Waals surface area contributed by atoms with Crippen LogP contribution < -0.4 is 5.73 Å². The SMILES string of the molecule is CC(C)(N)c1nc2c(s1)CCC2(C)C. The van der Waals surface area contributed by atoms with Crippen molar-refractivity contribution in [3.8, 4) is 0 Å². The molecule has 1 aliphatic rings. The van der Waals surface area contributed by atoms with E-state index in [0.717, 1.165) is 5.01 Å². The molecule has 78 valence electrons. The van der Waals surface area contributed by atoms with Crippen molar-refractivity contribution in [3.63, 3.8) is 0 Å². The van der Waals surface area contributed by atoms with Crippen LogP contribution in [0.5, 0.6) is 0 Å². The molecule has 2 N–H and O–H groups in total. The van der Waals surface area contributed by atoms with E-state index in [9.17, 15) is 0 Å². The van der Waals surface area contributed by atoms with E-state index in [-0.39, 0.29) is 11.0 Å². The minimum Gasteiger partial charge on any atom is -0.320 e. The molecular formula is C11H18N2S. The fourth-order valence-corrected chi connectivity index (χ4v) is 3.13. The zero-order chi connectivity index (χ0) is 10.6. The Hall–Kier alpha value is -0.410. The maximum Gasteiger partial charge on any atom is 0.112 e. The van der Waals surface area contributed by atoms with Gasteiger partial charge >= 0.3 is 0 Å². The Morgan fingerprint density at radius 3 is 2.57 bits per heavy atom. The smallest absolute Gasteiger partial charge is 0.112 e. The average molecular weight is 210 g/mol. The van der Waals surface area contributed by atoms with Crippen molar-refractivity contribution in [1.82, 2.24) is 4.98 Å². The molecule has 14 heavy (non-hydrogen) atoms. The van der Waals surface area contributed by atoms with Crippen molar-refractivity contribution in [1.29, 1.82) is 0 Å². The summed E-state index contributed by atoms with van der Waals surface area (Å²) in [7, 11) is 0. The Kier molecular flexibility index (Phi) is 2.02. The third kappa shape index (κ3) is 1.48. The van der Waals surface area contributed by atoms with E-state index >= 15 is 0 Å². The van der Waals surface area contributed by atoms with Crippen LogP contribution in [0.3, 0.4) is 0 Å². The zero-order valence-electron chi connectivity index (χ0n) is 9.35. The Morgan fingerprint density at radius 2 is 2.07 bits per heavy atom. The van der Waals surface area contributed by atoms with Gasteiger partial charge in [-0.1, -0.05) is 13.8 Å². The van der Waals surface area contributed by atoms with Crippen LogP contribution in [0.4, 0.5) is 0 Å². The number of nitrogens with two attached hydrogens (primary N) is 1. The maximum absolute atomic E-state index is 6.05. The lowest BCUT2D eigenvalue weighted by Gasteiger charge is -2.18. The van der Waals surface area contributed by atoms with Gasteiger partial charge in [0, 0.05) is 10.3 Å².